The minimum atomic E-state index is 0.725. The Morgan fingerprint density at radius 1 is 0.872 bits per heavy atom. The van der Waals surface area contributed by atoms with Crippen LogP contribution in [-0.2, 0) is 13.1 Å². The van der Waals surface area contributed by atoms with Crippen molar-refractivity contribution in [2.45, 2.75) is 20.0 Å². The van der Waals surface area contributed by atoms with Crippen molar-refractivity contribution in [3.05, 3.63) is 115 Å². The van der Waals surface area contributed by atoms with Gasteiger partial charge in [0.05, 0.1) is 34.6 Å². The highest BCUT2D eigenvalue weighted by Crippen LogP contribution is 2.32. The second kappa shape index (κ2) is 9.66. The summed E-state index contributed by atoms with van der Waals surface area (Å²) < 4.78 is 2.04. The molecule has 0 aliphatic rings. The summed E-state index contributed by atoms with van der Waals surface area (Å²) in [5, 5.41) is 12.4. The zero-order valence-electron chi connectivity index (χ0n) is 21.4. The van der Waals surface area contributed by atoms with Crippen LogP contribution in [0.3, 0.4) is 0 Å². The summed E-state index contributed by atoms with van der Waals surface area (Å²) in [5.41, 5.74) is 10.6. The molecule has 0 saturated heterocycles. The lowest BCUT2D eigenvalue weighted by atomic mass is 10.1. The monoisotopic (exact) mass is 510 g/mol. The Labute approximate surface area is 224 Å². The number of aromatic amines is 2. The first-order valence-electron chi connectivity index (χ1n) is 12.9. The molecule has 0 aliphatic heterocycles. The quantitative estimate of drug-likeness (QED) is 0.246. The average Bonchev–Trinajstić information content (AvgIpc) is 3.71. The summed E-state index contributed by atoms with van der Waals surface area (Å²) in [6.45, 7) is 3.52. The normalized spacial score (nSPS) is 11.5. The predicted molar refractivity (Wildman–Crippen MR) is 153 cm³/mol. The average molecular weight is 511 g/mol. The molecule has 8 heteroatoms. The third-order valence-electron chi connectivity index (χ3n) is 6.89. The zero-order valence-corrected chi connectivity index (χ0v) is 21.4. The molecule has 7 aromatic rings. The van der Waals surface area contributed by atoms with Gasteiger partial charge >= 0.3 is 0 Å². The molecule has 0 bridgehead atoms. The third-order valence-corrected chi connectivity index (χ3v) is 6.89. The van der Waals surface area contributed by atoms with Crippen molar-refractivity contribution < 1.29 is 0 Å². The Bertz CT molecular complexity index is 1910. The van der Waals surface area contributed by atoms with Gasteiger partial charge in [0.1, 0.15) is 11.2 Å². The molecule has 0 spiro atoms. The van der Waals surface area contributed by atoms with Gasteiger partial charge in [0, 0.05) is 48.1 Å². The van der Waals surface area contributed by atoms with Crippen LogP contribution >= 0.6 is 0 Å². The Balaban J connectivity index is 1.20. The third kappa shape index (κ3) is 4.47. The molecule has 0 aliphatic carbocycles. The van der Waals surface area contributed by atoms with Crippen LogP contribution in [0.2, 0.25) is 0 Å². The molecule has 5 heterocycles. The Hall–Kier alpha value is -5.08. The first-order chi connectivity index (χ1) is 19.2. The molecule has 0 fully saturated rings. The number of imidazole rings is 1. The Morgan fingerprint density at radius 2 is 1.77 bits per heavy atom. The number of hydrogen-bond acceptors (Lipinski definition) is 5. The molecule has 2 aromatic carbocycles. The first kappa shape index (κ1) is 23.1. The second-order valence-corrected chi connectivity index (χ2v) is 9.68. The highest BCUT2D eigenvalue weighted by molar-refractivity contribution is 5.97. The summed E-state index contributed by atoms with van der Waals surface area (Å²) >= 11 is 0. The number of aromatic nitrogens is 7. The molecule has 0 saturated carbocycles. The molecule has 5 aromatic heterocycles. The van der Waals surface area contributed by atoms with E-state index in [9.17, 15) is 0 Å². The van der Waals surface area contributed by atoms with E-state index in [4.69, 9.17) is 4.98 Å². The fraction of sp³-hybridized carbons (Fsp3) is 0.0968. The Morgan fingerprint density at radius 3 is 2.64 bits per heavy atom. The summed E-state index contributed by atoms with van der Waals surface area (Å²) in [7, 11) is 0. The number of hydrogen-bond donors (Lipinski definition) is 3. The van der Waals surface area contributed by atoms with E-state index in [1.165, 1.54) is 5.56 Å². The predicted octanol–water partition coefficient (Wildman–Crippen LogP) is 5.95. The van der Waals surface area contributed by atoms with Gasteiger partial charge < -0.3 is 14.9 Å². The molecule has 0 unspecified atom stereocenters. The summed E-state index contributed by atoms with van der Waals surface area (Å²) in [5.74, 6) is 0. The minimum Gasteiger partial charge on any atom is -0.353 e. The van der Waals surface area contributed by atoms with Crippen molar-refractivity contribution in [1.82, 2.24) is 40.0 Å². The molecule has 39 heavy (non-hydrogen) atoms. The maximum atomic E-state index is 5.02. The first-order valence-corrected chi connectivity index (χ1v) is 12.9. The number of pyridine rings is 2. The van der Waals surface area contributed by atoms with E-state index in [2.05, 4.69) is 79.0 Å². The van der Waals surface area contributed by atoms with Gasteiger partial charge in [-0.3, -0.25) is 10.1 Å². The van der Waals surface area contributed by atoms with Gasteiger partial charge in [-0.1, -0.05) is 36.4 Å². The van der Waals surface area contributed by atoms with Gasteiger partial charge in [-0.25, -0.2) is 9.97 Å². The van der Waals surface area contributed by atoms with Crippen LogP contribution in [0, 0.1) is 6.92 Å². The minimum absolute atomic E-state index is 0.725. The van der Waals surface area contributed by atoms with Crippen molar-refractivity contribution in [2.24, 2.45) is 0 Å². The van der Waals surface area contributed by atoms with Gasteiger partial charge in [-0.2, -0.15) is 5.10 Å². The number of nitrogens with zero attached hydrogens (tertiary/aromatic N) is 5. The highest BCUT2D eigenvalue weighted by atomic mass is 15.1. The molecular weight excluding hydrogens is 484 g/mol. The van der Waals surface area contributed by atoms with Gasteiger partial charge in [-0.15, -0.1) is 0 Å². The van der Waals surface area contributed by atoms with Crippen LogP contribution in [0.15, 0.2) is 97.7 Å². The van der Waals surface area contributed by atoms with Crippen LogP contribution in [0.25, 0.3) is 50.3 Å². The number of nitrogens with one attached hydrogen (secondary N) is 3. The number of aryl methyl sites for hydroxylation is 1. The van der Waals surface area contributed by atoms with Crippen LogP contribution in [0.4, 0.5) is 0 Å². The molecule has 7 rings (SSSR count). The summed E-state index contributed by atoms with van der Waals surface area (Å²) in [4.78, 5) is 17.4. The number of H-pyrrole nitrogens is 2. The molecule has 0 amide bonds. The molecule has 3 N–H and O–H groups in total. The fourth-order valence-corrected chi connectivity index (χ4v) is 4.96. The topological polar surface area (TPSA) is 100 Å². The standard InChI is InChI=1S/C31H26N8/c1-20-18-39(19-34-20)29-9-5-8-26-24(29)13-28(35-26)31-30-27(37-38-31)11-10-25(36-30)23-12-22(16-33-17-23)15-32-14-21-6-3-2-4-7-21/h2-13,16-19,32,35H,14-15H2,1H3,(H,37,38). The lowest BCUT2D eigenvalue weighted by Crippen LogP contribution is -2.12. The van der Waals surface area contributed by atoms with E-state index in [0.29, 0.717) is 0 Å². The van der Waals surface area contributed by atoms with Gasteiger partial charge in [-0.05, 0) is 54.4 Å². The van der Waals surface area contributed by atoms with Gasteiger partial charge in [0.2, 0.25) is 0 Å². The van der Waals surface area contributed by atoms with E-state index < -0.39 is 0 Å². The molecule has 190 valence electrons. The van der Waals surface area contributed by atoms with Crippen molar-refractivity contribution in [1.29, 1.82) is 0 Å². The summed E-state index contributed by atoms with van der Waals surface area (Å²) in [6.07, 6.45) is 7.62. The van der Waals surface area contributed by atoms with E-state index in [0.717, 1.165) is 74.6 Å². The highest BCUT2D eigenvalue weighted by Gasteiger charge is 2.15. The van der Waals surface area contributed by atoms with Crippen molar-refractivity contribution in [3.63, 3.8) is 0 Å². The lowest BCUT2D eigenvalue weighted by molar-refractivity contribution is 0.691. The largest absolute Gasteiger partial charge is 0.353 e. The molecule has 0 atom stereocenters. The van der Waals surface area contributed by atoms with E-state index >= 15 is 0 Å². The number of rotatable bonds is 7. The van der Waals surface area contributed by atoms with E-state index in [1.54, 1.807) is 0 Å². The Kier molecular flexibility index (Phi) is 5.71. The molecule has 8 nitrogen and oxygen atoms in total. The molecular formula is C31H26N8. The van der Waals surface area contributed by atoms with E-state index in [-0.39, 0.29) is 0 Å². The van der Waals surface area contributed by atoms with Crippen LogP contribution < -0.4 is 5.32 Å². The van der Waals surface area contributed by atoms with Gasteiger partial charge in [0.15, 0.2) is 0 Å². The maximum absolute atomic E-state index is 5.02. The summed E-state index contributed by atoms with van der Waals surface area (Å²) in [6, 6.07) is 24.9. The van der Waals surface area contributed by atoms with Crippen LogP contribution in [0.5, 0.6) is 0 Å². The van der Waals surface area contributed by atoms with Crippen molar-refractivity contribution in [3.8, 4) is 28.3 Å². The van der Waals surface area contributed by atoms with E-state index in [1.807, 2.05) is 60.7 Å². The lowest BCUT2D eigenvalue weighted by Gasteiger charge is -2.07. The number of fused-ring (bicyclic) bond motifs is 2. The van der Waals surface area contributed by atoms with Gasteiger partial charge in [0.25, 0.3) is 0 Å². The van der Waals surface area contributed by atoms with Crippen LogP contribution in [-0.4, -0.2) is 34.7 Å². The smallest absolute Gasteiger partial charge is 0.135 e. The SMILES string of the molecule is Cc1cn(-c2cccc3[nH]c(-c4n[nH]c5ccc(-c6cncc(CNCc7ccccc7)c6)nc45)cc23)cn1. The van der Waals surface area contributed by atoms with Crippen molar-refractivity contribution >= 4 is 21.9 Å². The van der Waals surface area contributed by atoms with Crippen LogP contribution in [0.1, 0.15) is 16.8 Å². The fourth-order valence-electron chi connectivity index (χ4n) is 4.96. The maximum Gasteiger partial charge on any atom is 0.135 e. The zero-order chi connectivity index (χ0) is 26.2. The molecule has 0 radical (unpaired) electrons. The number of benzene rings is 2. The second-order valence-electron chi connectivity index (χ2n) is 9.68. The van der Waals surface area contributed by atoms with Crippen molar-refractivity contribution in [2.75, 3.05) is 0 Å².